The summed E-state index contributed by atoms with van der Waals surface area (Å²) in [5.41, 5.74) is 0. The summed E-state index contributed by atoms with van der Waals surface area (Å²) in [6.45, 7) is 0. The van der Waals surface area contributed by atoms with Gasteiger partial charge in [-0.05, 0) is 0 Å². The van der Waals surface area contributed by atoms with Crippen LogP contribution in [0.4, 0.5) is 0 Å². The fourth-order valence-electron chi connectivity index (χ4n) is 0.313. The maximum absolute atomic E-state index is 9.77. The van der Waals surface area contributed by atoms with Crippen LogP contribution in [-0.2, 0) is 19.2 Å². The topological polar surface area (TPSA) is 149 Å². The molecule has 0 unspecified atom stereocenters. The zero-order valence-electron chi connectivity index (χ0n) is 8.03. The second kappa shape index (κ2) is 8.92. The van der Waals surface area contributed by atoms with Gasteiger partial charge in [0.05, 0.1) is 0 Å². The van der Waals surface area contributed by atoms with E-state index in [1.54, 1.807) is 0 Å². The predicted molar refractivity (Wildman–Crippen MR) is 53.6 cm³/mol. The van der Waals surface area contributed by atoms with Crippen LogP contribution < -0.4 is 0 Å². The average Bonchev–Trinajstić information content (AvgIpc) is 2.14. The summed E-state index contributed by atoms with van der Waals surface area (Å²) in [4.78, 5) is 38.6. The minimum Gasteiger partial charge on any atom is -0.478 e. The van der Waals surface area contributed by atoms with Gasteiger partial charge in [0, 0.05) is 18.2 Å². The summed E-state index contributed by atoms with van der Waals surface area (Å²) >= 11 is 4.89. The van der Waals surface area contributed by atoms with Gasteiger partial charge in [0.1, 0.15) is 5.03 Å². The molecule has 9 heteroatoms. The van der Waals surface area contributed by atoms with Crippen LogP contribution in [0.25, 0.3) is 0 Å². The van der Waals surface area contributed by atoms with Crippen molar-refractivity contribution in [3.63, 3.8) is 0 Å². The summed E-state index contributed by atoms with van der Waals surface area (Å²) in [5, 5.41) is 30.8. The molecule has 0 aromatic carbocycles. The minimum atomic E-state index is -1.45. The summed E-state index contributed by atoms with van der Waals surface area (Å²) in [6.07, 6.45) is 1.52. The lowest BCUT2D eigenvalue weighted by Crippen LogP contribution is -1.97. The van der Waals surface area contributed by atoms with Crippen LogP contribution in [0, 0.1) is 0 Å². The largest absolute Gasteiger partial charge is 0.478 e. The summed E-state index contributed by atoms with van der Waals surface area (Å²) in [6, 6.07) is 0. The zero-order chi connectivity index (χ0) is 14.0. The summed E-state index contributed by atoms with van der Waals surface area (Å²) in [7, 11) is 0. The number of aliphatic carboxylic acids is 4. The third-order valence-electron chi connectivity index (χ3n) is 0.823. The van der Waals surface area contributed by atoms with E-state index in [-0.39, 0.29) is 0 Å². The SMILES string of the molecule is O=C(O)/C=C(\Cl)C(=O)O.O=C(O)/C=C/C(=O)O. The number of carboxylic acids is 4. The van der Waals surface area contributed by atoms with Crippen molar-refractivity contribution in [1.29, 1.82) is 0 Å². The first kappa shape index (κ1) is 17.1. The van der Waals surface area contributed by atoms with Crippen LogP contribution in [-0.4, -0.2) is 44.3 Å². The molecule has 0 heterocycles. The fourth-order valence-corrected chi connectivity index (χ4v) is 0.406. The number of carbonyl (C=O) groups is 4. The van der Waals surface area contributed by atoms with Gasteiger partial charge in [-0.1, -0.05) is 11.6 Å². The van der Waals surface area contributed by atoms with Gasteiger partial charge in [0.2, 0.25) is 0 Å². The Hall–Kier alpha value is -2.35. The highest BCUT2D eigenvalue weighted by Crippen LogP contribution is 1.98. The van der Waals surface area contributed by atoms with Crippen LogP contribution in [0.1, 0.15) is 0 Å². The van der Waals surface area contributed by atoms with Crippen LogP contribution in [0.2, 0.25) is 0 Å². The Morgan fingerprint density at radius 1 is 0.765 bits per heavy atom. The van der Waals surface area contributed by atoms with Crippen molar-refractivity contribution in [1.82, 2.24) is 0 Å². The molecule has 0 fully saturated rings. The van der Waals surface area contributed by atoms with E-state index in [2.05, 4.69) is 0 Å². The molecule has 0 bridgehead atoms. The maximum Gasteiger partial charge on any atom is 0.347 e. The van der Waals surface area contributed by atoms with Crippen LogP contribution in [0.15, 0.2) is 23.3 Å². The average molecular weight is 267 g/mol. The van der Waals surface area contributed by atoms with Crippen molar-refractivity contribution in [3.05, 3.63) is 23.3 Å². The van der Waals surface area contributed by atoms with Crippen molar-refractivity contribution < 1.29 is 39.6 Å². The van der Waals surface area contributed by atoms with Crippen molar-refractivity contribution in [2.45, 2.75) is 0 Å². The molecule has 0 aliphatic rings. The second-order valence-electron chi connectivity index (χ2n) is 2.15. The van der Waals surface area contributed by atoms with E-state index in [9.17, 15) is 19.2 Å². The van der Waals surface area contributed by atoms with E-state index < -0.39 is 28.9 Å². The van der Waals surface area contributed by atoms with E-state index in [1.165, 1.54) is 0 Å². The summed E-state index contributed by atoms with van der Waals surface area (Å²) < 4.78 is 0. The first-order valence-electron chi connectivity index (χ1n) is 3.64. The van der Waals surface area contributed by atoms with Crippen molar-refractivity contribution in [2.24, 2.45) is 0 Å². The molecular weight excluding hydrogens is 260 g/mol. The van der Waals surface area contributed by atoms with Gasteiger partial charge in [-0.2, -0.15) is 0 Å². The van der Waals surface area contributed by atoms with Gasteiger partial charge in [0.25, 0.3) is 0 Å². The van der Waals surface area contributed by atoms with Gasteiger partial charge in [-0.15, -0.1) is 0 Å². The molecule has 0 saturated carbocycles. The lowest BCUT2D eigenvalue weighted by molar-refractivity contribution is -0.134. The molecule has 17 heavy (non-hydrogen) atoms. The first-order chi connectivity index (χ1) is 7.66. The molecule has 4 N–H and O–H groups in total. The standard InChI is InChI=1S/C4H3ClO4.C4H4O4/c5-2(4(8)9)1-3(6)7;5-3(6)1-2-4(7)8/h1H,(H,6,7)(H,8,9);1-2H,(H,5,6)(H,7,8)/b2-1-;2-1+. The Balaban J connectivity index is 0. The molecule has 0 spiro atoms. The van der Waals surface area contributed by atoms with E-state index in [1.807, 2.05) is 0 Å². The quantitative estimate of drug-likeness (QED) is 0.519. The fraction of sp³-hybridized carbons (Fsp3) is 0. The van der Waals surface area contributed by atoms with Crippen LogP contribution in [0.3, 0.4) is 0 Å². The van der Waals surface area contributed by atoms with E-state index in [0.29, 0.717) is 18.2 Å². The van der Waals surface area contributed by atoms with E-state index >= 15 is 0 Å². The molecule has 0 amide bonds. The van der Waals surface area contributed by atoms with Crippen LogP contribution in [0.5, 0.6) is 0 Å². The third kappa shape index (κ3) is 16.3. The molecule has 0 aliphatic carbocycles. The Labute approximate surface area is 99.0 Å². The number of hydrogen-bond acceptors (Lipinski definition) is 4. The highest BCUT2D eigenvalue weighted by molar-refractivity contribution is 6.42. The molecule has 0 atom stereocenters. The lowest BCUT2D eigenvalue weighted by atomic mass is 10.5. The Bertz CT molecular complexity index is 365. The number of carboxylic acid groups (broad SMARTS) is 4. The molecule has 0 saturated heterocycles. The predicted octanol–water partition coefficient (Wildman–Crippen LogP) is -0.00990. The van der Waals surface area contributed by atoms with Gasteiger partial charge in [-0.25, -0.2) is 19.2 Å². The Morgan fingerprint density at radius 2 is 1.12 bits per heavy atom. The molecule has 0 radical (unpaired) electrons. The first-order valence-corrected chi connectivity index (χ1v) is 4.02. The second-order valence-corrected chi connectivity index (χ2v) is 2.55. The molecule has 0 aliphatic heterocycles. The molecular formula is C8H7ClO8. The molecule has 94 valence electrons. The van der Waals surface area contributed by atoms with Crippen molar-refractivity contribution in [2.75, 3.05) is 0 Å². The normalized spacial score (nSPS) is 10.3. The van der Waals surface area contributed by atoms with E-state index in [0.717, 1.165) is 0 Å². The van der Waals surface area contributed by atoms with Crippen LogP contribution >= 0.6 is 11.6 Å². The van der Waals surface area contributed by atoms with Crippen molar-refractivity contribution in [3.8, 4) is 0 Å². The molecule has 0 aromatic heterocycles. The minimum absolute atomic E-state index is 0.407. The molecule has 0 rings (SSSR count). The number of rotatable bonds is 4. The number of halogens is 1. The van der Waals surface area contributed by atoms with Gasteiger partial charge in [-0.3, -0.25) is 0 Å². The highest BCUT2D eigenvalue weighted by atomic mass is 35.5. The monoisotopic (exact) mass is 266 g/mol. The van der Waals surface area contributed by atoms with Gasteiger partial charge < -0.3 is 20.4 Å². The van der Waals surface area contributed by atoms with Crippen molar-refractivity contribution >= 4 is 35.5 Å². The zero-order valence-corrected chi connectivity index (χ0v) is 8.79. The molecule has 0 aromatic rings. The Morgan fingerprint density at radius 3 is 1.24 bits per heavy atom. The lowest BCUT2D eigenvalue weighted by Gasteiger charge is -1.83. The Kier molecular flexibility index (Phi) is 8.95. The summed E-state index contributed by atoms with van der Waals surface area (Å²) in [5.74, 6) is -5.33. The number of hydrogen-bond donors (Lipinski definition) is 4. The van der Waals surface area contributed by atoms with E-state index in [4.69, 9.17) is 32.0 Å². The molecule has 8 nitrogen and oxygen atoms in total. The van der Waals surface area contributed by atoms with Gasteiger partial charge >= 0.3 is 23.9 Å². The highest BCUT2D eigenvalue weighted by Gasteiger charge is 2.03. The maximum atomic E-state index is 9.77. The van der Waals surface area contributed by atoms with Gasteiger partial charge in [0.15, 0.2) is 0 Å². The smallest absolute Gasteiger partial charge is 0.347 e. The third-order valence-corrected chi connectivity index (χ3v) is 1.09.